The average Bonchev–Trinajstić information content (AvgIpc) is 2.92. The van der Waals surface area contributed by atoms with Gasteiger partial charge in [0.15, 0.2) is 15.3 Å². The minimum atomic E-state index is -3.86. The predicted octanol–water partition coefficient (Wildman–Crippen LogP) is 1.02. The molecule has 5 atom stereocenters. The number of rotatable bonds is 13. The first-order valence-electron chi connectivity index (χ1n) is 15.0. The molecule has 0 aromatic heterocycles. The molecule has 0 spiro atoms. The summed E-state index contributed by atoms with van der Waals surface area (Å²) in [6.45, 7) is 5.63. The number of nitrogens with zero attached hydrogens (tertiary/aromatic N) is 1. The number of quaternary nitrogens is 1. The van der Waals surface area contributed by atoms with Gasteiger partial charge >= 0.3 is 0 Å². The van der Waals surface area contributed by atoms with Crippen LogP contribution >= 0.6 is 0 Å². The topological polar surface area (TPSA) is 185 Å². The Morgan fingerprint density at radius 2 is 1.62 bits per heavy atom. The SMILES string of the molecule is Cc1ccc([C@@H]2O[C@H](S(C)(=O)=O)[C@@H](O)[C@H](O)[C@H]2O)cc1Cc1ccc(CCCC(=O)NC(C)(C)C(=O)NCC[N+](C)(C)[O-])cc1. The maximum Gasteiger partial charge on any atom is 0.245 e. The molecule has 0 saturated carbocycles. The Morgan fingerprint density at radius 3 is 2.22 bits per heavy atom. The fourth-order valence-corrected chi connectivity index (χ4v) is 6.15. The molecule has 250 valence electrons. The van der Waals surface area contributed by atoms with Crippen molar-refractivity contribution in [1.82, 2.24) is 10.6 Å². The van der Waals surface area contributed by atoms with Crippen molar-refractivity contribution < 1.29 is 42.7 Å². The lowest BCUT2D eigenvalue weighted by Gasteiger charge is -2.40. The van der Waals surface area contributed by atoms with Crippen LogP contribution in [0.5, 0.6) is 0 Å². The molecule has 1 fully saturated rings. The van der Waals surface area contributed by atoms with E-state index in [-0.39, 0.29) is 31.3 Å². The molecule has 1 aliphatic heterocycles. The van der Waals surface area contributed by atoms with E-state index in [1.165, 1.54) is 14.1 Å². The third-order valence-electron chi connectivity index (χ3n) is 7.94. The van der Waals surface area contributed by atoms with E-state index in [2.05, 4.69) is 10.6 Å². The Hall–Kier alpha value is -2.91. The molecule has 2 amide bonds. The van der Waals surface area contributed by atoms with E-state index in [9.17, 15) is 38.5 Å². The number of aliphatic hydroxyl groups excluding tert-OH is 3. The van der Waals surface area contributed by atoms with Crippen molar-refractivity contribution in [3.63, 3.8) is 0 Å². The number of benzene rings is 2. The molecule has 3 rings (SSSR count). The Kier molecular flexibility index (Phi) is 11.9. The Labute approximate surface area is 265 Å². The van der Waals surface area contributed by atoms with Crippen LogP contribution in [0.2, 0.25) is 0 Å². The van der Waals surface area contributed by atoms with Crippen molar-refractivity contribution >= 4 is 21.7 Å². The first-order valence-corrected chi connectivity index (χ1v) is 16.9. The highest BCUT2D eigenvalue weighted by atomic mass is 32.2. The van der Waals surface area contributed by atoms with E-state index in [0.29, 0.717) is 24.8 Å². The van der Waals surface area contributed by atoms with Gasteiger partial charge in [-0.3, -0.25) is 9.59 Å². The van der Waals surface area contributed by atoms with Gasteiger partial charge in [0.1, 0.15) is 30.0 Å². The predicted molar refractivity (Wildman–Crippen MR) is 169 cm³/mol. The van der Waals surface area contributed by atoms with Crippen LogP contribution in [0.15, 0.2) is 42.5 Å². The summed E-state index contributed by atoms with van der Waals surface area (Å²) in [6, 6.07) is 13.3. The summed E-state index contributed by atoms with van der Waals surface area (Å²) in [7, 11) is -0.877. The maximum absolute atomic E-state index is 12.5. The molecule has 0 aliphatic carbocycles. The highest BCUT2D eigenvalue weighted by Gasteiger charge is 2.48. The molecule has 1 heterocycles. The van der Waals surface area contributed by atoms with Crippen LogP contribution in [0.25, 0.3) is 0 Å². The van der Waals surface area contributed by atoms with Crippen LogP contribution < -0.4 is 10.6 Å². The Morgan fingerprint density at radius 1 is 1.00 bits per heavy atom. The number of carbonyl (C=O) groups is 2. The zero-order valence-electron chi connectivity index (χ0n) is 26.8. The second-order valence-corrected chi connectivity index (χ2v) is 15.1. The number of aliphatic hydroxyl groups is 3. The van der Waals surface area contributed by atoms with Gasteiger partial charge in [-0.05, 0) is 67.9 Å². The number of ether oxygens (including phenoxy) is 1. The van der Waals surface area contributed by atoms with Gasteiger partial charge in [0, 0.05) is 12.7 Å². The summed E-state index contributed by atoms with van der Waals surface area (Å²) in [5.74, 6) is -0.586. The number of nitrogens with one attached hydrogen (secondary N) is 2. The summed E-state index contributed by atoms with van der Waals surface area (Å²) in [6.07, 6.45) is -3.16. The number of likely N-dealkylation sites (N-methyl/N-ethyl adjacent to an activating group) is 1. The van der Waals surface area contributed by atoms with Crippen LogP contribution in [0.4, 0.5) is 0 Å². The number of amides is 2. The third-order valence-corrected chi connectivity index (χ3v) is 9.17. The van der Waals surface area contributed by atoms with Crippen molar-refractivity contribution in [2.75, 3.05) is 33.4 Å². The lowest BCUT2D eigenvalue weighted by atomic mass is 9.91. The van der Waals surface area contributed by atoms with Gasteiger partial charge in [-0.25, -0.2) is 8.42 Å². The molecule has 1 aliphatic rings. The minimum absolute atomic E-state index is 0.217. The smallest absolute Gasteiger partial charge is 0.245 e. The van der Waals surface area contributed by atoms with E-state index in [0.717, 1.165) is 28.5 Å². The molecule has 0 radical (unpaired) electrons. The molecule has 12 nitrogen and oxygen atoms in total. The fraction of sp³-hybridized carbons (Fsp3) is 0.562. The van der Waals surface area contributed by atoms with Crippen molar-refractivity contribution in [3.05, 3.63) is 75.5 Å². The van der Waals surface area contributed by atoms with Crippen molar-refractivity contribution in [2.45, 2.75) is 81.8 Å². The van der Waals surface area contributed by atoms with Crippen molar-refractivity contribution in [1.29, 1.82) is 0 Å². The number of hydrogen-bond acceptors (Lipinski definition) is 9. The van der Waals surface area contributed by atoms with Crippen LogP contribution in [0, 0.1) is 12.1 Å². The van der Waals surface area contributed by atoms with Gasteiger partial charge in [-0.15, -0.1) is 0 Å². The zero-order chi connectivity index (χ0) is 33.7. The highest BCUT2D eigenvalue weighted by Crippen LogP contribution is 2.35. The van der Waals surface area contributed by atoms with Crippen molar-refractivity contribution in [3.8, 4) is 0 Å². The molecule has 5 N–H and O–H groups in total. The average molecular weight is 650 g/mol. The van der Waals surface area contributed by atoms with Crippen LogP contribution in [0.3, 0.4) is 0 Å². The summed E-state index contributed by atoms with van der Waals surface area (Å²) in [4.78, 5) is 25.0. The molecule has 2 aromatic rings. The standard InChI is InChI=1S/C32H47N3O9S/c1-20-10-15-23(29-27(38)26(37)28(39)30(44-29)45(6,42)43)19-24(20)18-22-13-11-21(12-14-22)8-7-9-25(36)34-32(2,3)31(40)33-16-17-35(4,5)41/h10-15,19,26-30,37-39H,7-9,16-18H2,1-6H3,(H,33,40)(H,34,36)/t26-,27-,28+,29+,30-/m1/s1. The number of hydroxylamine groups is 3. The number of hydrogen-bond donors (Lipinski definition) is 5. The number of carbonyl (C=O) groups excluding carboxylic acids is 2. The number of aryl methyl sites for hydroxylation is 2. The molecule has 13 heteroatoms. The summed E-state index contributed by atoms with van der Waals surface area (Å²) >= 11 is 0. The van der Waals surface area contributed by atoms with Gasteiger partial charge in [-0.2, -0.15) is 0 Å². The van der Waals surface area contributed by atoms with E-state index in [1.807, 2.05) is 43.3 Å². The van der Waals surface area contributed by atoms with E-state index in [1.54, 1.807) is 19.9 Å². The van der Waals surface area contributed by atoms with Gasteiger partial charge in [0.2, 0.25) is 11.8 Å². The molecular weight excluding hydrogens is 602 g/mol. The van der Waals surface area contributed by atoms with Crippen LogP contribution in [-0.2, 0) is 37.0 Å². The molecule has 1 saturated heterocycles. The lowest BCUT2D eigenvalue weighted by molar-refractivity contribution is -0.838. The second-order valence-electron chi connectivity index (χ2n) is 13.0. The van der Waals surface area contributed by atoms with Gasteiger partial charge < -0.3 is 40.5 Å². The second kappa shape index (κ2) is 14.7. The Bertz CT molecular complexity index is 1440. The molecular formula is C32H47N3O9S. The van der Waals surface area contributed by atoms with Gasteiger partial charge in [0.05, 0.1) is 27.2 Å². The first kappa shape index (κ1) is 36.6. The highest BCUT2D eigenvalue weighted by molar-refractivity contribution is 7.91. The fourth-order valence-electron chi connectivity index (χ4n) is 5.16. The summed E-state index contributed by atoms with van der Waals surface area (Å²) in [5, 5.41) is 48.2. The van der Waals surface area contributed by atoms with Gasteiger partial charge in [-0.1, -0.05) is 42.5 Å². The molecule has 2 aromatic carbocycles. The third kappa shape index (κ3) is 10.3. The molecule has 0 unspecified atom stereocenters. The van der Waals surface area contributed by atoms with E-state index < -0.39 is 49.9 Å². The lowest BCUT2D eigenvalue weighted by Crippen LogP contribution is -2.56. The van der Waals surface area contributed by atoms with Crippen LogP contribution in [-0.4, -0.2) is 103 Å². The quantitative estimate of drug-likeness (QED) is 0.156. The zero-order valence-corrected chi connectivity index (χ0v) is 27.6. The molecule has 0 bridgehead atoms. The normalized spacial score (nSPS) is 22.6. The van der Waals surface area contributed by atoms with Crippen molar-refractivity contribution in [2.24, 2.45) is 0 Å². The minimum Gasteiger partial charge on any atom is -0.633 e. The maximum atomic E-state index is 12.5. The van der Waals surface area contributed by atoms with E-state index in [4.69, 9.17) is 4.74 Å². The summed E-state index contributed by atoms with van der Waals surface area (Å²) < 4.78 is 29.3. The van der Waals surface area contributed by atoms with Crippen LogP contribution in [0.1, 0.15) is 60.6 Å². The van der Waals surface area contributed by atoms with E-state index >= 15 is 0 Å². The Balaban J connectivity index is 1.56. The van der Waals surface area contributed by atoms with Gasteiger partial charge in [0.25, 0.3) is 0 Å². The number of sulfone groups is 1. The largest absolute Gasteiger partial charge is 0.633 e. The first-order chi connectivity index (χ1) is 20.8. The monoisotopic (exact) mass is 649 g/mol. The summed E-state index contributed by atoms with van der Waals surface area (Å²) in [5.41, 5.74) is 1.68. The molecule has 45 heavy (non-hydrogen) atoms.